The number of nitrogens with zero attached hydrogens (tertiary/aromatic N) is 5. The monoisotopic (exact) mass is 345 g/mol. The third kappa shape index (κ3) is 3.52. The van der Waals surface area contributed by atoms with E-state index in [9.17, 15) is 4.79 Å². The average molecular weight is 345 g/mol. The number of carbonyl (C=O) groups excluding carboxylic acids is 1. The van der Waals surface area contributed by atoms with Crippen LogP contribution < -0.4 is 10.6 Å². The van der Waals surface area contributed by atoms with Gasteiger partial charge in [-0.15, -0.1) is 0 Å². The molecule has 3 heterocycles. The van der Waals surface area contributed by atoms with Crippen molar-refractivity contribution in [3.8, 4) is 0 Å². The molecule has 0 saturated heterocycles. The van der Waals surface area contributed by atoms with Crippen LogP contribution in [0, 0.1) is 13.8 Å². The van der Waals surface area contributed by atoms with Crippen molar-refractivity contribution in [1.29, 1.82) is 0 Å². The molecule has 2 N–H and O–H groups in total. The van der Waals surface area contributed by atoms with E-state index >= 15 is 0 Å². The van der Waals surface area contributed by atoms with Crippen molar-refractivity contribution in [3.05, 3.63) is 28.6 Å². The SMILES string of the molecule is CCc1nc2n(n1)CCC[C@H]2NC(=O)NCc1c(C)nn(CC)c1C. The summed E-state index contributed by atoms with van der Waals surface area (Å²) in [5.41, 5.74) is 3.15. The predicted octanol–water partition coefficient (Wildman–Crippen LogP) is 2.01. The Morgan fingerprint density at radius 1 is 1.28 bits per heavy atom. The molecule has 0 unspecified atom stereocenters. The molecule has 1 aliphatic heterocycles. The van der Waals surface area contributed by atoms with Crippen LogP contribution in [0.1, 0.15) is 61.3 Å². The molecule has 0 fully saturated rings. The molecule has 2 aromatic rings. The van der Waals surface area contributed by atoms with E-state index in [4.69, 9.17) is 0 Å². The van der Waals surface area contributed by atoms with E-state index in [1.807, 2.05) is 30.1 Å². The topological polar surface area (TPSA) is 89.7 Å². The Morgan fingerprint density at radius 2 is 2.08 bits per heavy atom. The first-order valence-corrected chi connectivity index (χ1v) is 9.04. The van der Waals surface area contributed by atoms with Crippen molar-refractivity contribution in [2.45, 2.75) is 72.6 Å². The number of carbonyl (C=O) groups is 1. The maximum absolute atomic E-state index is 12.4. The van der Waals surface area contributed by atoms with Gasteiger partial charge in [-0.25, -0.2) is 14.5 Å². The van der Waals surface area contributed by atoms with Crippen molar-refractivity contribution in [1.82, 2.24) is 35.2 Å². The first-order chi connectivity index (χ1) is 12.0. The van der Waals surface area contributed by atoms with Crippen LogP contribution in [0.3, 0.4) is 0 Å². The van der Waals surface area contributed by atoms with Gasteiger partial charge in [-0.2, -0.15) is 10.2 Å². The summed E-state index contributed by atoms with van der Waals surface area (Å²) in [6, 6.07) is -0.260. The Balaban J connectivity index is 1.62. The van der Waals surface area contributed by atoms with Crippen LogP contribution in [0.2, 0.25) is 0 Å². The van der Waals surface area contributed by atoms with Gasteiger partial charge in [0, 0.05) is 37.3 Å². The van der Waals surface area contributed by atoms with Crippen molar-refractivity contribution >= 4 is 6.03 Å². The standard InChI is InChI=1S/C17H27N7O/c1-5-15-20-16-14(8-7-9-24(16)22-15)19-17(25)18-10-13-11(3)21-23(6-2)12(13)4/h14H,5-10H2,1-4H3,(H2,18,19,25)/t14-/m1/s1. The van der Waals surface area contributed by atoms with Crippen molar-refractivity contribution < 1.29 is 4.79 Å². The Hall–Kier alpha value is -2.38. The summed E-state index contributed by atoms with van der Waals surface area (Å²) in [5.74, 6) is 1.70. The quantitative estimate of drug-likeness (QED) is 0.867. The molecule has 0 aromatic carbocycles. The summed E-state index contributed by atoms with van der Waals surface area (Å²) in [7, 11) is 0. The highest BCUT2D eigenvalue weighted by Crippen LogP contribution is 2.23. The number of aromatic nitrogens is 5. The lowest BCUT2D eigenvalue weighted by molar-refractivity contribution is 0.232. The molecule has 1 aliphatic rings. The summed E-state index contributed by atoms with van der Waals surface area (Å²) >= 11 is 0. The summed E-state index contributed by atoms with van der Waals surface area (Å²) in [4.78, 5) is 16.9. The number of aryl methyl sites for hydroxylation is 4. The van der Waals surface area contributed by atoms with Gasteiger partial charge in [0.15, 0.2) is 5.82 Å². The Morgan fingerprint density at radius 3 is 2.76 bits per heavy atom. The number of rotatable bonds is 5. The molecule has 1 atom stereocenters. The minimum atomic E-state index is -0.178. The number of amides is 2. The van der Waals surface area contributed by atoms with Gasteiger partial charge in [0.1, 0.15) is 5.82 Å². The highest BCUT2D eigenvalue weighted by atomic mass is 16.2. The van der Waals surface area contributed by atoms with Gasteiger partial charge in [0.25, 0.3) is 0 Å². The van der Waals surface area contributed by atoms with Gasteiger partial charge in [-0.05, 0) is 33.6 Å². The van der Waals surface area contributed by atoms with Crippen LogP contribution in [0.15, 0.2) is 0 Å². The van der Waals surface area contributed by atoms with Gasteiger partial charge in [0.2, 0.25) is 0 Å². The first-order valence-electron chi connectivity index (χ1n) is 9.04. The molecular weight excluding hydrogens is 318 g/mol. The van der Waals surface area contributed by atoms with Crippen molar-refractivity contribution in [2.24, 2.45) is 0 Å². The third-order valence-electron chi connectivity index (χ3n) is 4.80. The molecule has 0 saturated carbocycles. The fourth-order valence-corrected chi connectivity index (χ4v) is 3.36. The van der Waals surface area contributed by atoms with Crippen LogP contribution in [-0.4, -0.2) is 30.6 Å². The third-order valence-corrected chi connectivity index (χ3v) is 4.80. The second-order valence-corrected chi connectivity index (χ2v) is 6.45. The molecule has 8 nitrogen and oxygen atoms in total. The largest absolute Gasteiger partial charge is 0.334 e. The number of hydrogen-bond donors (Lipinski definition) is 2. The zero-order valence-corrected chi connectivity index (χ0v) is 15.5. The minimum absolute atomic E-state index is 0.0814. The second kappa shape index (κ2) is 7.25. The van der Waals surface area contributed by atoms with Gasteiger partial charge < -0.3 is 10.6 Å². The predicted molar refractivity (Wildman–Crippen MR) is 94.1 cm³/mol. The normalized spacial score (nSPS) is 16.6. The maximum atomic E-state index is 12.4. The molecule has 0 spiro atoms. The summed E-state index contributed by atoms with van der Waals surface area (Å²) in [6.45, 7) is 10.3. The van der Waals surface area contributed by atoms with Gasteiger partial charge in [-0.3, -0.25) is 4.68 Å². The van der Waals surface area contributed by atoms with E-state index in [1.54, 1.807) is 0 Å². The van der Waals surface area contributed by atoms with Crippen LogP contribution in [0.25, 0.3) is 0 Å². The van der Waals surface area contributed by atoms with Crippen LogP contribution in [0.5, 0.6) is 0 Å². The molecule has 0 radical (unpaired) electrons. The van der Waals surface area contributed by atoms with Crippen LogP contribution in [0.4, 0.5) is 4.79 Å². The smallest absolute Gasteiger partial charge is 0.315 e. The highest BCUT2D eigenvalue weighted by Gasteiger charge is 2.25. The molecular formula is C17H27N7O. The molecule has 3 rings (SSSR count). The highest BCUT2D eigenvalue weighted by molar-refractivity contribution is 5.74. The zero-order chi connectivity index (χ0) is 18.0. The van der Waals surface area contributed by atoms with E-state index in [-0.39, 0.29) is 12.1 Å². The van der Waals surface area contributed by atoms with E-state index in [2.05, 4.69) is 32.7 Å². The summed E-state index contributed by atoms with van der Waals surface area (Å²) in [6.07, 6.45) is 2.69. The number of fused-ring (bicyclic) bond motifs is 1. The van der Waals surface area contributed by atoms with Gasteiger partial charge in [-0.1, -0.05) is 6.92 Å². The Bertz CT molecular complexity index is 761. The van der Waals surface area contributed by atoms with Gasteiger partial charge >= 0.3 is 6.03 Å². The second-order valence-electron chi connectivity index (χ2n) is 6.45. The lowest BCUT2D eigenvalue weighted by atomic mass is 10.1. The first kappa shape index (κ1) is 17.4. The van der Waals surface area contributed by atoms with E-state index < -0.39 is 0 Å². The van der Waals surface area contributed by atoms with E-state index in [0.29, 0.717) is 6.54 Å². The fraction of sp³-hybridized carbons (Fsp3) is 0.647. The minimum Gasteiger partial charge on any atom is -0.334 e. The molecule has 0 bridgehead atoms. The fourth-order valence-electron chi connectivity index (χ4n) is 3.36. The van der Waals surface area contributed by atoms with E-state index in [0.717, 1.165) is 61.0 Å². The van der Waals surface area contributed by atoms with E-state index in [1.165, 1.54) is 0 Å². The number of hydrogen-bond acceptors (Lipinski definition) is 4. The van der Waals surface area contributed by atoms with Crippen molar-refractivity contribution in [3.63, 3.8) is 0 Å². The number of nitrogens with one attached hydrogen (secondary N) is 2. The lowest BCUT2D eigenvalue weighted by Gasteiger charge is -2.23. The maximum Gasteiger partial charge on any atom is 0.315 e. The molecule has 2 aromatic heterocycles. The Kier molecular flexibility index (Phi) is 5.06. The van der Waals surface area contributed by atoms with Crippen LogP contribution in [-0.2, 0) is 26.1 Å². The zero-order valence-electron chi connectivity index (χ0n) is 15.5. The van der Waals surface area contributed by atoms with Crippen LogP contribution >= 0.6 is 0 Å². The lowest BCUT2D eigenvalue weighted by Crippen LogP contribution is -2.40. The average Bonchev–Trinajstić information content (AvgIpc) is 3.14. The molecule has 2 amide bonds. The molecule has 8 heteroatoms. The molecule has 0 aliphatic carbocycles. The summed E-state index contributed by atoms with van der Waals surface area (Å²) < 4.78 is 3.88. The Labute approximate surface area is 148 Å². The molecule has 136 valence electrons. The van der Waals surface area contributed by atoms with Gasteiger partial charge in [0.05, 0.1) is 11.7 Å². The molecule has 25 heavy (non-hydrogen) atoms. The van der Waals surface area contributed by atoms with Crippen molar-refractivity contribution in [2.75, 3.05) is 0 Å². The number of urea groups is 1. The summed E-state index contributed by atoms with van der Waals surface area (Å²) in [5, 5.41) is 15.0.